The zero-order chi connectivity index (χ0) is 23.8. The molecular weight excluding hydrogens is 580 g/mol. The van der Waals surface area contributed by atoms with Crippen molar-refractivity contribution >= 4 is 61.8 Å². The molecule has 4 rings (SSSR count). The molecule has 10 heteroatoms. The second-order valence-corrected chi connectivity index (χ2v) is 9.65. The van der Waals surface area contributed by atoms with Crippen LogP contribution in [-0.2, 0) is 4.79 Å². The van der Waals surface area contributed by atoms with Crippen LogP contribution in [0.4, 0.5) is 0 Å². The molecular formula is C24H18Br2N6OS. The first-order chi connectivity index (χ1) is 16.6. The van der Waals surface area contributed by atoms with Crippen molar-refractivity contribution in [2.75, 3.05) is 5.75 Å². The molecule has 170 valence electrons. The summed E-state index contributed by atoms with van der Waals surface area (Å²) in [6.07, 6.45) is 6.87. The number of halogens is 2. The number of rotatable bonds is 8. The first kappa shape index (κ1) is 24.1. The number of benzene rings is 2. The zero-order valence-electron chi connectivity index (χ0n) is 17.7. The average Bonchev–Trinajstić information content (AvgIpc) is 3.28. The van der Waals surface area contributed by atoms with E-state index in [1.54, 1.807) is 18.6 Å². The van der Waals surface area contributed by atoms with Crippen molar-refractivity contribution in [2.45, 2.75) is 5.16 Å². The second-order valence-electron chi connectivity index (χ2n) is 6.88. The highest BCUT2D eigenvalue weighted by atomic mass is 79.9. The molecule has 0 spiro atoms. The molecule has 0 saturated heterocycles. The van der Waals surface area contributed by atoms with Crippen LogP contribution in [0.3, 0.4) is 0 Å². The van der Waals surface area contributed by atoms with Gasteiger partial charge in [-0.15, -0.1) is 10.2 Å². The van der Waals surface area contributed by atoms with Gasteiger partial charge in [0.1, 0.15) is 0 Å². The summed E-state index contributed by atoms with van der Waals surface area (Å²) in [5.74, 6) is 0.542. The quantitative estimate of drug-likeness (QED) is 0.159. The summed E-state index contributed by atoms with van der Waals surface area (Å²) >= 11 is 8.18. The molecule has 1 N–H and O–H groups in total. The van der Waals surface area contributed by atoms with Crippen molar-refractivity contribution in [3.05, 3.63) is 93.6 Å². The number of nitrogens with one attached hydrogen (secondary N) is 1. The molecule has 0 unspecified atom stereocenters. The van der Waals surface area contributed by atoms with Crippen LogP contribution >= 0.6 is 43.6 Å². The monoisotopic (exact) mass is 596 g/mol. The maximum Gasteiger partial charge on any atom is 0.250 e. The maximum absolute atomic E-state index is 12.4. The number of hydrogen-bond donors (Lipinski definition) is 1. The molecule has 0 aliphatic rings. The topological polar surface area (TPSA) is 85.1 Å². The summed E-state index contributed by atoms with van der Waals surface area (Å²) in [4.78, 5) is 16.4. The molecule has 0 aliphatic carbocycles. The summed E-state index contributed by atoms with van der Waals surface area (Å²) in [5.41, 5.74) is 5.33. The number of pyridine rings is 1. The Balaban J connectivity index is 1.45. The molecule has 0 saturated carbocycles. The molecule has 2 heterocycles. The molecule has 1 amide bonds. The Kier molecular flexibility index (Phi) is 8.40. The smallest absolute Gasteiger partial charge is 0.250 e. The lowest BCUT2D eigenvalue weighted by atomic mass is 10.2. The van der Waals surface area contributed by atoms with Gasteiger partial charge in [0, 0.05) is 32.6 Å². The Bertz CT molecular complexity index is 1310. The van der Waals surface area contributed by atoms with Gasteiger partial charge in [-0.05, 0) is 64.0 Å². The molecule has 0 radical (unpaired) electrons. The van der Waals surface area contributed by atoms with Crippen molar-refractivity contribution in [3.8, 4) is 17.1 Å². The van der Waals surface area contributed by atoms with E-state index in [-0.39, 0.29) is 11.7 Å². The number of hydrogen-bond acceptors (Lipinski definition) is 6. The Labute approximate surface area is 217 Å². The van der Waals surface area contributed by atoms with Gasteiger partial charge < -0.3 is 0 Å². The van der Waals surface area contributed by atoms with Crippen molar-refractivity contribution < 1.29 is 4.79 Å². The summed E-state index contributed by atoms with van der Waals surface area (Å²) < 4.78 is 3.62. The third-order valence-corrected chi connectivity index (χ3v) is 6.36. The summed E-state index contributed by atoms with van der Waals surface area (Å²) in [5, 5.41) is 13.3. The lowest BCUT2D eigenvalue weighted by Gasteiger charge is -2.10. The Morgan fingerprint density at radius 1 is 1.03 bits per heavy atom. The number of allylic oxidation sites excluding steroid dienone is 1. The fraction of sp³-hybridized carbons (Fsp3) is 0.0417. The summed E-state index contributed by atoms with van der Waals surface area (Å²) in [7, 11) is 0. The van der Waals surface area contributed by atoms with Crippen LogP contribution < -0.4 is 5.43 Å². The van der Waals surface area contributed by atoms with E-state index in [1.807, 2.05) is 77.4 Å². The SMILES string of the molecule is O=C(CSc1nnc(-c2ccncc2)n1-c1ccc(Br)cc1)NN=CC(Br)=Cc1ccccc1. The molecule has 0 aliphatic heterocycles. The van der Waals surface area contributed by atoms with Gasteiger partial charge in [-0.2, -0.15) is 5.10 Å². The first-order valence-electron chi connectivity index (χ1n) is 10.1. The molecule has 7 nitrogen and oxygen atoms in total. The van der Waals surface area contributed by atoms with Crippen LogP contribution in [0, 0.1) is 0 Å². The van der Waals surface area contributed by atoms with Gasteiger partial charge in [0.05, 0.1) is 12.0 Å². The maximum atomic E-state index is 12.4. The third-order valence-electron chi connectivity index (χ3n) is 4.47. The van der Waals surface area contributed by atoms with Gasteiger partial charge in [-0.25, -0.2) is 5.43 Å². The first-order valence-corrected chi connectivity index (χ1v) is 12.7. The molecule has 0 fully saturated rings. The summed E-state index contributed by atoms with van der Waals surface area (Å²) in [6.45, 7) is 0. The van der Waals surface area contributed by atoms with Crippen LogP contribution in [0.25, 0.3) is 23.2 Å². The van der Waals surface area contributed by atoms with Gasteiger partial charge in [-0.1, -0.05) is 58.0 Å². The number of amides is 1. The number of carbonyl (C=O) groups is 1. The Hall–Kier alpha value is -3.08. The molecule has 0 bridgehead atoms. The highest BCUT2D eigenvalue weighted by Gasteiger charge is 2.17. The Morgan fingerprint density at radius 2 is 1.76 bits per heavy atom. The van der Waals surface area contributed by atoms with Crippen molar-refractivity contribution in [1.29, 1.82) is 0 Å². The number of carbonyl (C=O) groups excluding carboxylic acids is 1. The summed E-state index contributed by atoms with van der Waals surface area (Å²) in [6, 6.07) is 21.4. The fourth-order valence-electron chi connectivity index (χ4n) is 2.95. The highest BCUT2D eigenvalue weighted by Crippen LogP contribution is 2.28. The molecule has 2 aromatic carbocycles. The molecule has 34 heavy (non-hydrogen) atoms. The van der Waals surface area contributed by atoms with Crippen LogP contribution in [-0.4, -0.2) is 37.6 Å². The minimum Gasteiger partial charge on any atom is -0.272 e. The molecule has 0 atom stereocenters. The van der Waals surface area contributed by atoms with Crippen LogP contribution in [0.1, 0.15) is 5.56 Å². The highest BCUT2D eigenvalue weighted by molar-refractivity contribution is 9.12. The zero-order valence-corrected chi connectivity index (χ0v) is 21.7. The van der Waals surface area contributed by atoms with Gasteiger partial charge in [0.15, 0.2) is 11.0 Å². The average molecular weight is 598 g/mol. The second kappa shape index (κ2) is 11.9. The van der Waals surface area contributed by atoms with Crippen LogP contribution in [0.15, 0.2) is 98.3 Å². The van der Waals surface area contributed by atoms with E-state index < -0.39 is 0 Å². The largest absolute Gasteiger partial charge is 0.272 e. The van der Waals surface area contributed by atoms with E-state index in [2.05, 4.69) is 57.6 Å². The molecule has 2 aromatic heterocycles. The minimum absolute atomic E-state index is 0.127. The van der Waals surface area contributed by atoms with E-state index in [0.717, 1.165) is 25.8 Å². The Morgan fingerprint density at radius 3 is 2.50 bits per heavy atom. The van der Waals surface area contributed by atoms with Crippen molar-refractivity contribution in [3.63, 3.8) is 0 Å². The normalized spacial score (nSPS) is 11.6. The lowest BCUT2D eigenvalue weighted by Crippen LogP contribution is -2.19. The van der Waals surface area contributed by atoms with E-state index in [9.17, 15) is 4.79 Å². The van der Waals surface area contributed by atoms with Crippen molar-refractivity contribution in [1.82, 2.24) is 25.2 Å². The van der Waals surface area contributed by atoms with Gasteiger partial charge in [0.25, 0.3) is 5.91 Å². The third kappa shape index (κ3) is 6.49. The van der Waals surface area contributed by atoms with Gasteiger partial charge in [-0.3, -0.25) is 14.3 Å². The lowest BCUT2D eigenvalue weighted by molar-refractivity contribution is -0.118. The predicted molar refractivity (Wildman–Crippen MR) is 143 cm³/mol. The van der Waals surface area contributed by atoms with Gasteiger partial charge in [0.2, 0.25) is 0 Å². The number of hydrazone groups is 1. The van der Waals surface area contributed by atoms with Gasteiger partial charge >= 0.3 is 0 Å². The van der Waals surface area contributed by atoms with Crippen LogP contribution in [0.2, 0.25) is 0 Å². The van der Waals surface area contributed by atoms with E-state index >= 15 is 0 Å². The van der Waals surface area contributed by atoms with E-state index in [4.69, 9.17) is 0 Å². The van der Waals surface area contributed by atoms with Crippen LogP contribution in [0.5, 0.6) is 0 Å². The van der Waals surface area contributed by atoms with Crippen molar-refractivity contribution in [2.24, 2.45) is 5.10 Å². The number of nitrogens with zero attached hydrogens (tertiary/aromatic N) is 5. The molecule has 4 aromatic rings. The van der Waals surface area contributed by atoms with E-state index in [0.29, 0.717) is 11.0 Å². The van der Waals surface area contributed by atoms with E-state index in [1.165, 1.54) is 11.8 Å². The minimum atomic E-state index is -0.253. The predicted octanol–water partition coefficient (Wildman–Crippen LogP) is 5.72. The standard InChI is InChI=1S/C24H18Br2N6OS/c25-19-6-8-21(9-7-19)32-23(18-10-12-27-13-11-18)30-31-24(32)34-16-22(33)29-28-15-20(26)14-17-4-2-1-3-5-17/h1-15H,16H2,(H,29,33). The number of aromatic nitrogens is 4. The number of thioether (sulfide) groups is 1. The fourth-order valence-corrected chi connectivity index (χ4v) is 4.32.